The number of aromatic nitrogens is 1. The number of carbonyl (C=O) groups is 2. The molecule has 1 N–H and O–H groups in total. The first-order chi connectivity index (χ1) is 18.0. The fraction of sp³-hybridized carbons (Fsp3) is 0.321. The maximum absolute atomic E-state index is 14.8. The second-order valence-corrected chi connectivity index (χ2v) is 10.0. The zero-order chi connectivity index (χ0) is 27.7. The molecule has 1 aromatic heterocycles. The topological polar surface area (TPSA) is 90.5 Å². The van der Waals surface area contributed by atoms with Crippen molar-refractivity contribution >= 4 is 23.4 Å². The maximum Gasteiger partial charge on any atom is 0.387 e. The summed E-state index contributed by atoms with van der Waals surface area (Å²) >= 11 is 5.85. The summed E-state index contributed by atoms with van der Waals surface area (Å²) in [5.74, 6) is -2.59. The molecule has 1 aliphatic rings. The Labute approximate surface area is 222 Å². The Hall–Kier alpha value is -3.59. The number of hydrogen-bond donors (Lipinski definition) is 1. The van der Waals surface area contributed by atoms with Gasteiger partial charge in [0.2, 0.25) is 5.69 Å². The van der Waals surface area contributed by atoms with Crippen molar-refractivity contribution in [3.8, 4) is 16.9 Å². The molecule has 0 amide bonds. The van der Waals surface area contributed by atoms with Gasteiger partial charge in [-0.2, -0.15) is 13.5 Å². The predicted molar refractivity (Wildman–Crippen MR) is 134 cm³/mol. The Morgan fingerprint density at radius 3 is 2.29 bits per heavy atom. The van der Waals surface area contributed by atoms with Gasteiger partial charge in [-0.1, -0.05) is 37.6 Å². The van der Waals surface area contributed by atoms with Gasteiger partial charge in [-0.25, -0.2) is 9.18 Å². The first-order valence-corrected chi connectivity index (χ1v) is 12.4. The lowest BCUT2D eigenvalue weighted by molar-refractivity contribution is -0.614. The van der Waals surface area contributed by atoms with Crippen LogP contribution in [0.25, 0.3) is 11.1 Å². The molecule has 3 aromatic rings. The molecule has 3 unspecified atom stereocenters. The molecule has 1 heterocycles. The van der Waals surface area contributed by atoms with Gasteiger partial charge in [0.25, 0.3) is 0 Å². The number of rotatable bonds is 10. The van der Waals surface area contributed by atoms with Gasteiger partial charge >= 0.3 is 12.6 Å². The molecular formula is C28H25ClF3NO5. The highest BCUT2D eigenvalue weighted by atomic mass is 35.5. The SMILES string of the molecule is CC1C(C)C1CC(C(=O)Cc1ccc(C(=O)O)cc1)c1ccc(-c2c(OC(F)F)ccc(Cl)c2F)c[n+]1[O-]. The lowest BCUT2D eigenvalue weighted by Gasteiger charge is -2.18. The van der Waals surface area contributed by atoms with Gasteiger partial charge in [0.1, 0.15) is 11.7 Å². The Morgan fingerprint density at radius 2 is 1.74 bits per heavy atom. The molecule has 200 valence electrons. The normalized spacial score (nSPS) is 19.3. The molecule has 2 aromatic carbocycles. The largest absolute Gasteiger partial charge is 0.618 e. The van der Waals surface area contributed by atoms with Crippen molar-refractivity contribution in [2.45, 2.75) is 39.2 Å². The van der Waals surface area contributed by atoms with Crippen LogP contribution in [0, 0.1) is 28.8 Å². The van der Waals surface area contributed by atoms with Crippen LogP contribution >= 0.6 is 11.6 Å². The van der Waals surface area contributed by atoms with Crippen LogP contribution in [0.1, 0.15) is 47.8 Å². The van der Waals surface area contributed by atoms with Crippen molar-refractivity contribution in [2.75, 3.05) is 0 Å². The average molecular weight is 548 g/mol. The lowest BCUT2D eigenvalue weighted by atomic mass is 9.88. The number of ether oxygens (including phenoxy) is 1. The van der Waals surface area contributed by atoms with Gasteiger partial charge in [-0.05, 0) is 60.1 Å². The number of nitrogens with zero attached hydrogens (tertiary/aromatic N) is 1. The monoisotopic (exact) mass is 547 g/mol. The van der Waals surface area contributed by atoms with Crippen LogP contribution in [-0.2, 0) is 11.2 Å². The fourth-order valence-electron chi connectivity index (χ4n) is 4.88. The highest BCUT2D eigenvalue weighted by molar-refractivity contribution is 6.31. The number of Topliss-reactive ketones (excluding diaryl/α,β-unsaturated/α-hetero) is 1. The number of hydrogen-bond acceptors (Lipinski definition) is 4. The number of aromatic carboxylic acids is 1. The molecule has 4 rings (SSSR count). The van der Waals surface area contributed by atoms with Crippen LogP contribution in [0.4, 0.5) is 13.2 Å². The minimum atomic E-state index is -3.22. The number of carbonyl (C=O) groups excluding carboxylic acids is 1. The van der Waals surface area contributed by atoms with Crippen LogP contribution in [0.5, 0.6) is 5.75 Å². The third-order valence-electron chi connectivity index (χ3n) is 7.38. The third kappa shape index (κ3) is 5.78. The van der Waals surface area contributed by atoms with Crippen molar-refractivity contribution in [1.29, 1.82) is 0 Å². The van der Waals surface area contributed by atoms with Crippen molar-refractivity contribution in [3.63, 3.8) is 0 Å². The molecule has 0 radical (unpaired) electrons. The van der Waals surface area contributed by atoms with Gasteiger partial charge in [0.05, 0.1) is 21.7 Å². The van der Waals surface area contributed by atoms with E-state index in [4.69, 9.17) is 16.7 Å². The summed E-state index contributed by atoms with van der Waals surface area (Å²) in [6, 6.07) is 10.9. The number of pyridine rings is 1. The predicted octanol–water partition coefficient (Wildman–Crippen LogP) is 6.27. The lowest BCUT2D eigenvalue weighted by Crippen LogP contribution is -2.36. The average Bonchev–Trinajstić information content (AvgIpc) is 3.43. The van der Waals surface area contributed by atoms with E-state index in [-0.39, 0.29) is 45.5 Å². The summed E-state index contributed by atoms with van der Waals surface area (Å²) < 4.78 is 45.5. The highest BCUT2D eigenvalue weighted by Crippen LogP contribution is 2.50. The molecule has 0 aliphatic heterocycles. The number of carboxylic acids is 1. The molecule has 0 spiro atoms. The van der Waals surface area contributed by atoms with E-state index in [1.165, 1.54) is 24.3 Å². The summed E-state index contributed by atoms with van der Waals surface area (Å²) in [6.45, 7) is 0.923. The van der Waals surface area contributed by atoms with Crippen molar-refractivity contribution < 1.29 is 37.3 Å². The molecule has 6 nitrogen and oxygen atoms in total. The van der Waals surface area contributed by atoms with Crippen molar-refractivity contribution in [1.82, 2.24) is 0 Å². The molecule has 1 aliphatic carbocycles. The first-order valence-electron chi connectivity index (χ1n) is 12.0. The summed E-state index contributed by atoms with van der Waals surface area (Å²) in [7, 11) is 0. The summed E-state index contributed by atoms with van der Waals surface area (Å²) in [4.78, 5) is 24.6. The molecule has 38 heavy (non-hydrogen) atoms. The summed E-state index contributed by atoms with van der Waals surface area (Å²) in [5, 5.41) is 21.9. The number of halogens is 4. The Kier molecular flexibility index (Phi) is 7.97. The van der Waals surface area contributed by atoms with E-state index in [9.17, 15) is 28.0 Å². The molecule has 0 saturated heterocycles. The second-order valence-electron chi connectivity index (χ2n) is 9.60. The van der Waals surface area contributed by atoms with Gasteiger partial charge in [-0.15, -0.1) is 0 Å². The number of benzene rings is 2. The highest BCUT2D eigenvalue weighted by Gasteiger charge is 2.46. The summed E-state index contributed by atoms with van der Waals surface area (Å²) in [5.41, 5.74) is 0.411. The Balaban J connectivity index is 1.68. The van der Waals surface area contributed by atoms with E-state index < -0.39 is 30.1 Å². The Bertz CT molecular complexity index is 1360. The van der Waals surface area contributed by atoms with Crippen LogP contribution in [0.3, 0.4) is 0 Å². The van der Waals surface area contributed by atoms with E-state index in [2.05, 4.69) is 18.6 Å². The fourth-order valence-corrected chi connectivity index (χ4v) is 5.04. The van der Waals surface area contributed by atoms with Crippen LogP contribution in [-0.4, -0.2) is 23.5 Å². The quantitative estimate of drug-likeness (QED) is 0.239. The van der Waals surface area contributed by atoms with Gasteiger partial charge in [0, 0.05) is 12.5 Å². The van der Waals surface area contributed by atoms with Crippen LogP contribution in [0.15, 0.2) is 54.7 Å². The van der Waals surface area contributed by atoms with E-state index in [0.29, 0.717) is 28.6 Å². The van der Waals surface area contributed by atoms with E-state index in [1.807, 2.05) is 0 Å². The van der Waals surface area contributed by atoms with Crippen LogP contribution < -0.4 is 9.47 Å². The smallest absolute Gasteiger partial charge is 0.387 e. The third-order valence-corrected chi connectivity index (χ3v) is 7.67. The minimum absolute atomic E-state index is 0.0168. The zero-order valence-corrected chi connectivity index (χ0v) is 21.3. The van der Waals surface area contributed by atoms with E-state index in [1.54, 1.807) is 12.1 Å². The van der Waals surface area contributed by atoms with Gasteiger partial charge < -0.3 is 15.1 Å². The van der Waals surface area contributed by atoms with Gasteiger partial charge in [-0.3, -0.25) is 4.79 Å². The van der Waals surface area contributed by atoms with E-state index in [0.717, 1.165) is 18.3 Å². The zero-order valence-electron chi connectivity index (χ0n) is 20.5. The first kappa shape index (κ1) is 27.4. The molecule has 10 heteroatoms. The maximum atomic E-state index is 14.8. The number of carboxylic acid groups (broad SMARTS) is 1. The molecule has 1 fully saturated rings. The van der Waals surface area contributed by atoms with Crippen molar-refractivity contribution in [3.05, 3.63) is 87.6 Å². The summed E-state index contributed by atoms with van der Waals surface area (Å²) in [6.07, 6.45) is 1.43. The molecule has 3 atom stereocenters. The number of ketones is 1. The molecular weight excluding hydrogens is 523 g/mol. The van der Waals surface area contributed by atoms with E-state index >= 15 is 0 Å². The molecule has 1 saturated carbocycles. The van der Waals surface area contributed by atoms with Crippen LogP contribution in [0.2, 0.25) is 5.02 Å². The Morgan fingerprint density at radius 1 is 1.08 bits per heavy atom. The molecule has 0 bridgehead atoms. The second kappa shape index (κ2) is 11.0. The standard InChI is InChI=1S/C28H25ClF3NO5/c1-14-15(2)19(14)12-20(23(34)11-16-3-5-17(6-4-16)27(35)36)22-9-7-18(13-33(22)37)25-24(38-28(31)32)10-8-21(29)26(25)30/h3-10,13-15,19-20,28H,11-12H2,1-2H3,(H,35,36). The number of alkyl halides is 2. The van der Waals surface area contributed by atoms with Gasteiger partial charge in [0.15, 0.2) is 17.8 Å². The minimum Gasteiger partial charge on any atom is -0.618 e. The van der Waals surface area contributed by atoms with Crippen molar-refractivity contribution in [2.24, 2.45) is 17.8 Å².